The summed E-state index contributed by atoms with van der Waals surface area (Å²) in [5, 5.41) is 7.52. The van der Waals surface area contributed by atoms with E-state index in [-0.39, 0.29) is 11.8 Å². The number of nitrogens with one attached hydrogen (secondary N) is 1. The van der Waals surface area contributed by atoms with E-state index in [4.69, 9.17) is 0 Å². The second-order valence-electron chi connectivity index (χ2n) is 3.07. The molecule has 1 aromatic rings. The number of amides is 2. The summed E-state index contributed by atoms with van der Waals surface area (Å²) in [7, 11) is 0. The monoisotopic (exact) mass is 206 g/mol. The van der Waals surface area contributed by atoms with E-state index >= 15 is 0 Å². The van der Waals surface area contributed by atoms with Crippen LogP contribution in [0.1, 0.15) is 6.42 Å². The molecule has 1 heterocycles. The van der Waals surface area contributed by atoms with Crippen LogP contribution < -0.4 is 5.32 Å². The number of carbonyl (C=O) groups excluding carboxylic acids is 1. The maximum Gasteiger partial charge on any atom is 0.342 e. The predicted octanol–water partition coefficient (Wildman–Crippen LogP) is 1.93. The fourth-order valence-electron chi connectivity index (χ4n) is 1.24. The van der Waals surface area contributed by atoms with Crippen LogP contribution in [0.2, 0.25) is 0 Å². The van der Waals surface area contributed by atoms with Crippen LogP contribution in [0.25, 0.3) is 0 Å². The van der Waals surface area contributed by atoms with Crippen LogP contribution in [0.15, 0.2) is 29.4 Å². The summed E-state index contributed by atoms with van der Waals surface area (Å²) >= 11 is 0. The summed E-state index contributed by atoms with van der Waals surface area (Å²) in [6.45, 7) is 0.515. The van der Waals surface area contributed by atoms with Gasteiger partial charge in [-0.15, -0.1) is 0 Å². The smallest absolute Gasteiger partial charge is 0.306 e. The van der Waals surface area contributed by atoms with E-state index in [0.717, 1.165) is 0 Å². The van der Waals surface area contributed by atoms with Crippen molar-refractivity contribution in [3.05, 3.63) is 30.1 Å². The van der Waals surface area contributed by atoms with E-state index < -0.39 is 0 Å². The molecular weight excluding hydrogens is 197 g/mol. The third-order valence-electron chi connectivity index (χ3n) is 1.94. The highest BCUT2D eigenvalue weighted by atomic mass is 19.1. The van der Waals surface area contributed by atoms with Crippen LogP contribution >= 0.6 is 0 Å². The van der Waals surface area contributed by atoms with Crippen molar-refractivity contribution in [2.75, 3.05) is 11.9 Å². The van der Waals surface area contributed by atoms with Crippen molar-refractivity contribution in [2.24, 2.45) is 5.10 Å². The van der Waals surface area contributed by atoms with Gasteiger partial charge in [0.2, 0.25) is 0 Å². The molecule has 2 amide bonds. The molecule has 4 nitrogen and oxygen atoms in total. The fraction of sp³-hybridized carbons (Fsp3) is 0.200. The Labute approximate surface area is 86.4 Å². The molecule has 0 aliphatic carbocycles. The van der Waals surface area contributed by atoms with E-state index in [1.165, 1.54) is 23.2 Å². The average molecular weight is 206 g/mol. The lowest BCUT2D eigenvalue weighted by molar-refractivity contribution is 0.219. The zero-order valence-electron chi connectivity index (χ0n) is 7.90. The molecule has 0 spiro atoms. The topological polar surface area (TPSA) is 44.7 Å². The van der Waals surface area contributed by atoms with Crippen LogP contribution in [0, 0.1) is 5.82 Å². The van der Waals surface area contributed by atoms with Gasteiger partial charge in [0.25, 0.3) is 0 Å². The van der Waals surface area contributed by atoms with Gasteiger partial charge in [-0.25, -0.2) is 14.2 Å². The van der Waals surface area contributed by atoms with Gasteiger partial charge in [0.05, 0.1) is 12.8 Å². The molecule has 2 rings (SSSR count). The highest BCUT2D eigenvalue weighted by Gasteiger charge is 2.15. The first kappa shape index (κ1) is 9.64. The maximum atomic E-state index is 12.8. The van der Waals surface area contributed by atoms with Crippen LogP contribution in [0.3, 0.4) is 0 Å². The van der Waals surface area contributed by atoms with Crippen LogP contribution in [-0.2, 0) is 0 Å². The van der Waals surface area contributed by atoms with Gasteiger partial charge in [0.15, 0.2) is 0 Å². The third kappa shape index (κ3) is 2.31. The maximum absolute atomic E-state index is 12.8. The number of halogens is 1. The van der Waals surface area contributed by atoms with Gasteiger partial charge in [0, 0.05) is 12.1 Å². The quantitative estimate of drug-likeness (QED) is 0.749. The average Bonchev–Trinajstić information content (AvgIpc) is 2.70. The van der Waals surface area contributed by atoms with E-state index in [2.05, 4.69) is 16.6 Å². The molecule has 0 unspecified atom stereocenters. The van der Waals surface area contributed by atoms with E-state index in [9.17, 15) is 9.18 Å². The molecule has 0 aromatic heterocycles. The second-order valence-corrected chi connectivity index (χ2v) is 3.07. The lowest BCUT2D eigenvalue weighted by Crippen LogP contribution is -2.28. The van der Waals surface area contributed by atoms with E-state index in [0.29, 0.717) is 18.7 Å². The number of hydrogen-bond acceptors (Lipinski definition) is 2. The van der Waals surface area contributed by atoms with Gasteiger partial charge in [0.1, 0.15) is 5.82 Å². The Balaban J connectivity index is 2.02. The minimum absolute atomic E-state index is 0.370. The molecule has 0 fully saturated rings. The Morgan fingerprint density at radius 1 is 1.60 bits per heavy atom. The highest BCUT2D eigenvalue weighted by molar-refractivity contribution is 5.90. The predicted molar refractivity (Wildman–Crippen MR) is 54.2 cm³/mol. The molecule has 0 atom stereocenters. The largest absolute Gasteiger partial charge is 0.342 e. The Morgan fingerprint density at radius 3 is 3.13 bits per heavy atom. The lowest BCUT2D eigenvalue weighted by Gasteiger charge is -2.12. The number of benzene rings is 1. The Bertz CT molecular complexity index is 405. The summed E-state index contributed by atoms with van der Waals surface area (Å²) in [4.78, 5) is 11.5. The Morgan fingerprint density at radius 2 is 2.47 bits per heavy atom. The summed E-state index contributed by atoms with van der Waals surface area (Å²) in [5.74, 6) is -0.385. The number of hydrazone groups is 1. The van der Waals surface area contributed by atoms with Crippen molar-refractivity contribution >= 4 is 17.9 Å². The molecular formula is C10H9FN3O. The fourth-order valence-corrected chi connectivity index (χ4v) is 1.24. The van der Waals surface area contributed by atoms with Gasteiger partial charge in [-0.1, -0.05) is 6.07 Å². The first-order valence-electron chi connectivity index (χ1n) is 4.53. The molecule has 1 radical (unpaired) electrons. The van der Waals surface area contributed by atoms with Crippen molar-refractivity contribution in [2.45, 2.75) is 6.42 Å². The van der Waals surface area contributed by atoms with Crippen LogP contribution in [-0.4, -0.2) is 23.8 Å². The zero-order chi connectivity index (χ0) is 10.7. The molecule has 1 aromatic carbocycles. The van der Waals surface area contributed by atoms with Crippen molar-refractivity contribution in [1.82, 2.24) is 5.01 Å². The zero-order valence-corrected chi connectivity index (χ0v) is 7.90. The van der Waals surface area contributed by atoms with Crippen molar-refractivity contribution in [3.63, 3.8) is 0 Å². The SMILES string of the molecule is O=C(Nc1cccc(F)c1)N1CC[C]=N1. The molecule has 0 saturated carbocycles. The summed E-state index contributed by atoms with van der Waals surface area (Å²) < 4.78 is 12.8. The van der Waals surface area contributed by atoms with Gasteiger partial charge >= 0.3 is 6.03 Å². The number of urea groups is 1. The van der Waals surface area contributed by atoms with Crippen molar-refractivity contribution < 1.29 is 9.18 Å². The highest BCUT2D eigenvalue weighted by Crippen LogP contribution is 2.11. The normalized spacial score (nSPS) is 14.3. The molecule has 77 valence electrons. The molecule has 0 saturated heterocycles. The molecule has 1 N–H and O–H groups in total. The lowest BCUT2D eigenvalue weighted by atomic mass is 10.3. The number of hydrogen-bond donors (Lipinski definition) is 1. The summed E-state index contributed by atoms with van der Waals surface area (Å²) in [6, 6.07) is 5.35. The van der Waals surface area contributed by atoms with E-state index in [1.54, 1.807) is 6.07 Å². The van der Waals surface area contributed by atoms with Gasteiger partial charge < -0.3 is 5.32 Å². The number of rotatable bonds is 1. The molecule has 15 heavy (non-hydrogen) atoms. The standard InChI is InChI=1S/C10H9FN3O/c11-8-3-1-4-9(7-8)13-10(15)14-6-2-5-12-14/h1,3-4,7H,2,6H2,(H,13,15). The van der Waals surface area contributed by atoms with Crippen LogP contribution in [0.5, 0.6) is 0 Å². The first-order chi connectivity index (χ1) is 7.25. The molecule has 5 heteroatoms. The van der Waals surface area contributed by atoms with Crippen molar-refractivity contribution in [1.29, 1.82) is 0 Å². The number of anilines is 1. The van der Waals surface area contributed by atoms with E-state index in [1.807, 2.05) is 0 Å². The Hall–Kier alpha value is -1.91. The second kappa shape index (κ2) is 4.08. The molecule has 0 bridgehead atoms. The van der Waals surface area contributed by atoms with Crippen LogP contribution in [0.4, 0.5) is 14.9 Å². The third-order valence-corrected chi connectivity index (χ3v) is 1.94. The van der Waals surface area contributed by atoms with Gasteiger partial charge in [-0.05, 0) is 18.2 Å². The number of nitrogens with zero attached hydrogens (tertiary/aromatic N) is 2. The summed E-state index contributed by atoms with van der Waals surface area (Å²) in [5.41, 5.74) is 0.419. The van der Waals surface area contributed by atoms with Gasteiger partial charge in [-0.2, -0.15) is 5.10 Å². The first-order valence-corrected chi connectivity index (χ1v) is 4.53. The minimum Gasteiger partial charge on any atom is -0.306 e. The van der Waals surface area contributed by atoms with Crippen molar-refractivity contribution in [3.8, 4) is 0 Å². The Kier molecular flexibility index (Phi) is 2.62. The van der Waals surface area contributed by atoms with Gasteiger partial charge in [-0.3, -0.25) is 0 Å². The molecule has 1 aliphatic rings. The molecule has 1 aliphatic heterocycles. The number of carbonyl (C=O) groups is 1. The summed E-state index contributed by atoms with van der Waals surface area (Å²) in [6.07, 6.45) is 3.30. The minimum atomic E-state index is -0.385.